The predicted octanol–water partition coefficient (Wildman–Crippen LogP) is 2.27. The molecule has 1 aliphatic heterocycles. The molecule has 1 aromatic rings. The second kappa shape index (κ2) is 5.41. The van der Waals surface area contributed by atoms with Crippen molar-refractivity contribution in [3.05, 3.63) is 24.3 Å². The van der Waals surface area contributed by atoms with Gasteiger partial charge in [-0.3, -0.25) is 0 Å². The highest BCUT2D eigenvalue weighted by atomic mass is 16.5. The minimum Gasteiger partial charge on any atom is -0.497 e. The SMILES string of the molecule is COc1cccc(N(C)C2CCC(C)NC2)c1. The minimum atomic E-state index is 0.582. The van der Waals surface area contributed by atoms with E-state index in [1.165, 1.54) is 18.5 Å². The van der Waals surface area contributed by atoms with E-state index in [4.69, 9.17) is 4.74 Å². The number of likely N-dealkylation sites (N-methyl/N-ethyl adjacent to an activating group) is 1. The summed E-state index contributed by atoms with van der Waals surface area (Å²) < 4.78 is 5.27. The zero-order valence-corrected chi connectivity index (χ0v) is 10.9. The van der Waals surface area contributed by atoms with Crippen LogP contribution in [-0.2, 0) is 0 Å². The molecule has 2 rings (SSSR count). The van der Waals surface area contributed by atoms with E-state index >= 15 is 0 Å². The first-order chi connectivity index (χ1) is 8.20. The highest BCUT2D eigenvalue weighted by molar-refractivity contribution is 5.51. The Bertz CT molecular complexity index is 359. The monoisotopic (exact) mass is 234 g/mol. The molecule has 0 aromatic heterocycles. The number of rotatable bonds is 3. The lowest BCUT2D eigenvalue weighted by atomic mass is 10.0. The average molecular weight is 234 g/mol. The van der Waals surface area contributed by atoms with E-state index in [1.54, 1.807) is 7.11 Å². The first-order valence-corrected chi connectivity index (χ1v) is 6.31. The van der Waals surface area contributed by atoms with E-state index < -0.39 is 0 Å². The lowest BCUT2D eigenvalue weighted by Crippen LogP contribution is -2.47. The first-order valence-electron chi connectivity index (χ1n) is 6.31. The van der Waals surface area contributed by atoms with Crippen LogP contribution in [0.1, 0.15) is 19.8 Å². The van der Waals surface area contributed by atoms with Crippen molar-refractivity contribution < 1.29 is 4.74 Å². The number of piperidine rings is 1. The molecule has 2 atom stereocenters. The van der Waals surface area contributed by atoms with Crippen molar-refractivity contribution in [2.24, 2.45) is 0 Å². The quantitative estimate of drug-likeness (QED) is 0.868. The van der Waals surface area contributed by atoms with Crippen molar-refractivity contribution in [1.82, 2.24) is 5.32 Å². The fourth-order valence-electron chi connectivity index (χ4n) is 2.36. The Labute approximate surface area is 104 Å². The van der Waals surface area contributed by atoms with E-state index in [0.29, 0.717) is 12.1 Å². The zero-order valence-electron chi connectivity index (χ0n) is 10.9. The molecule has 3 nitrogen and oxygen atoms in total. The Kier molecular flexibility index (Phi) is 3.89. The normalized spacial score (nSPS) is 24.4. The van der Waals surface area contributed by atoms with E-state index in [1.807, 2.05) is 12.1 Å². The second-order valence-electron chi connectivity index (χ2n) is 4.85. The van der Waals surface area contributed by atoms with Gasteiger partial charge in [-0.15, -0.1) is 0 Å². The minimum absolute atomic E-state index is 0.582. The summed E-state index contributed by atoms with van der Waals surface area (Å²) in [6, 6.07) is 9.50. The van der Waals surface area contributed by atoms with Crippen molar-refractivity contribution in [3.8, 4) is 5.75 Å². The molecule has 1 aliphatic rings. The highest BCUT2D eigenvalue weighted by Crippen LogP contribution is 2.24. The van der Waals surface area contributed by atoms with E-state index in [-0.39, 0.29) is 0 Å². The largest absolute Gasteiger partial charge is 0.497 e. The highest BCUT2D eigenvalue weighted by Gasteiger charge is 2.21. The van der Waals surface area contributed by atoms with Gasteiger partial charge in [-0.05, 0) is 31.9 Å². The van der Waals surface area contributed by atoms with Crippen molar-refractivity contribution in [2.75, 3.05) is 25.6 Å². The van der Waals surface area contributed by atoms with Gasteiger partial charge in [0.15, 0.2) is 0 Å². The van der Waals surface area contributed by atoms with Gasteiger partial charge in [-0.2, -0.15) is 0 Å². The molecular formula is C14H22N2O. The second-order valence-corrected chi connectivity index (χ2v) is 4.85. The fraction of sp³-hybridized carbons (Fsp3) is 0.571. The number of methoxy groups -OCH3 is 1. The molecule has 0 bridgehead atoms. The Morgan fingerprint density at radius 1 is 1.35 bits per heavy atom. The summed E-state index contributed by atoms with van der Waals surface area (Å²) in [5.74, 6) is 0.923. The molecule has 2 unspecified atom stereocenters. The molecule has 1 fully saturated rings. The first kappa shape index (κ1) is 12.2. The molecule has 1 N–H and O–H groups in total. The van der Waals surface area contributed by atoms with E-state index in [2.05, 4.69) is 36.3 Å². The fourth-order valence-corrected chi connectivity index (χ4v) is 2.36. The number of anilines is 1. The number of nitrogens with one attached hydrogen (secondary N) is 1. The Morgan fingerprint density at radius 2 is 2.18 bits per heavy atom. The van der Waals surface area contributed by atoms with Crippen LogP contribution in [0.4, 0.5) is 5.69 Å². The third-order valence-electron chi connectivity index (χ3n) is 3.64. The third-order valence-corrected chi connectivity index (χ3v) is 3.64. The molecule has 1 aromatic carbocycles. The molecule has 0 saturated carbocycles. The van der Waals surface area contributed by atoms with E-state index in [0.717, 1.165) is 12.3 Å². The molecule has 0 radical (unpaired) electrons. The van der Waals surface area contributed by atoms with Gasteiger partial charge in [-0.1, -0.05) is 6.07 Å². The summed E-state index contributed by atoms with van der Waals surface area (Å²) in [5, 5.41) is 3.54. The van der Waals surface area contributed by atoms with Gasteiger partial charge in [0.2, 0.25) is 0 Å². The lowest BCUT2D eigenvalue weighted by molar-refractivity contribution is 0.375. The maximum absolute atomic E-state index is 5.27. The van der Waals surface area contributed by atoms with Crippen LogP contribution in [0.3, 0.4) is 0 Å². The molecule has 94 valence electrons. The van der Waals surface area contributed by atoms with Crippen molar-refractivity contribution in [3.63, 3.8) is 0 Å². The Balaban J connectivity index is 2.05. The van der Waals surface area contributed by atoms with E-state index in [9.17, 15) is 0 Å². The van der Waals surface area contributed by atoms with Crippen molar-refractivity contribution in [1.29, 1.82) is 0 Å². The van der Waals surface area contributed by atoms with Gasteiger partial charge < -0.3 is 15.0 Å². The van der Waals surface area contributed by atoms with Crippen LogP contribution in [0.15, 0.2) is 24.3 Å². The maximum atomic E-state index is 5.27. The number of ether oxygens (including phenoxy) is 1. The molecule has 0 spiro atoms. The molecule has 1 saturated heterocycles. The molecular weight excluding hydrogens is 212 g/mol. The van der Waals surface area contributed by atoms with Gasteiger partial charge >= 0.3 is 0 Å². The summed E-state index contributed by atoms with van der Waals surface area (Å²) in [7, 11) is 3.88. The van der Waals surface area contributed by atoms with Gasteiger partial charge in [0.25, 0.3) is 0 Å². The lowest BCUT2D eigenvalue weighted by Gasteiger charge is -2.35. The van der Waals surface area contributed by atoms with Crippen molar-refractivity contribution >= 4 is 5.69 Å². The van der Waals surface area contributed by atoms with Crippen LogP contribution in [0.25, 0.3) is 0 Å². The Hall–Kier alpha value is -1.22. The molecule has 1 heterocycles. The standard InChI is InChI=1S/C14H22N2O/c1-11-7-8-13(10-15-11)16(2)12-5-4-6-14(9-12)17-3/h4-6,9,11,13,15H,7-8,10H2,1-3H3. The van der Waals surface area contributed by atoms with Gasteiger partial charge in [-0.25, -0.2) is 0 Å². The van der Waals surface area contributed by atoms with Gasteiger partial charge in [0.05, 0.1) is 7.11 Å². The summed E-state index contributed by atoms with van der Waals surface area (Å²) in [6.07, 6.45) is 2.50. The molecule has 0 aliphatic carbocycles. The number of hydrogen-bond donors (Lipinski definition) is 1. The van der Waals surface area contributed by atoms with Crippen LogP contribution < -0.4 is 15.0 Å². The molecule has 0 amide bonds. The van der Waals surface area contributed by atoms with Gasteiger partial charge in [0.1, 0.15) is 5.75 Å². The number of nitrogens with zero attached hydrogens (tertiary/aromatic N) is 1. The summed E-state index contributed by atoms with van der Waals surface area (Å²) >= 11 is 0. The zero-order chi connectivity index (χ0) is 12.3. The summed E-state index contributed by atoms with van der Waals surface area (Å²) in [4.78, 5) is 2.35. The van der Waals surface area contributed by atoms with Crippen LogP contribution in [0.2, 0.25) is 0 Å². The van der Waals surface area contributed by atoms with Crippen LogP contribution in [0, 0.1) is 0 Å². The number of hydrogen-bond acceptors (Lipinski definition) is 3. The molecule has 17 heavy (non-hydrogen) atoms. The average Bonchev–Trinajstić information content (AvgIpc) is 2.39. The van der Waals surface area contributed by atoms with Gasteiger partial charge in [0, 0.05) is 37.4 Å². The van der Waals surface area contributed by atoms with Crippen molar-refractivity contribution in [2.45, 2.75) is 31.8 Å². The van der Waals surface area contributed by atoms with Crippen LogP contribution in [-0.4, -0.2) is 32.8 Å². The van der Waals surface area contributed by atoms with Crippen LogP contribution >= 0.6 is 0 Å². The number of benzene rings is 1. The smallest absolute Gasteiger partial charge is 0.120 e. The topological polar surface area (TPSA) is 24.5 Å². The maximum Gasteiger partial charge on any atom is 0.120 e. The summed E-state index contributed by atoms with van der Waals surface area (Å²) in [5.41, 5.74) is 1.23. The predicted molar refractivity (Wildman–Crippen MR) is 71.9 cm³/mol. The third kappa shape index (κ3) is 2.91. The Morgan fingerprint density at radius 3 is 2.82 bits per heavy atom. The van der Waals surface area contributed by atoms with Crippen LogP contribution in [0.5, 0.6) is 5.75 Å². The molecule has 3 heteroatoms. The summed E-state index contributed by atoms with van der Waals surface area (Å²) in [6.45, 7) is 3.32.